The molecule has 3 rings (SSSR count). The smallest absolute Gasteiger partial charge is 0.214 e. The third-order valence-electron chi connectivity index (χ3n) is 4.58. The molecule has 22 heavy (non-hydrogen) atoms. The van der Waals surface area contributed by atoms with E-state index in [4.69, 9.17) is 4.74 Å². The molecule has 5 nitrogen and oxygen atoms in total. The summed E-state index contributed by atoms with van der Waals surface area (Å²) >= 11 is 0. The molecule has 7 heteroatoms. The van der Waals surface area contributed by atoms with Crippen LogP contribution in [0.3, 0.4) is 0 Å². The third-order valence-corrected chi connectivity index (χ3v) is 6.39. The van der Waals surface area contributed by atoms with Crippen molar-refractivity contribution in [1.29, 1.82) is 0 Å². The molecule has 1 aromatic carbocycles. The van der Waals surface area contributed by atoms with Crippen LogP contribution < -0.4 is 0 Å². The predicted molar refractivity (Wildman–Crippen MR) is 81.6 cm³/mol. The predicted octanol–water partition coefficient (Wildman–Crippen LogP) is 0.713. The maximum atomic E-state index is 13.5. The van der Waals surface area contributed by atoms with Crippen molar-refractivity contribution in [1.82, 2.24) is 9.21 Å². The zero-order chi connectivity index (χ0) is 15.7. The fourth-order valence-corrected chi connectivity index (χ4v) is 4.26. The van der Waals surface area contributed by atoms with Crippen molar-refractivity contribution < 1.29 is 17.5 Å². The number of hydrogen-bond acceptors (Lipinski definition) is 4. The van der Waals surface area contributed by atoms with Crippen molar-refractivity contribution in [3.63, 3.8) is 0 Å². The molecular formula is C15H21FN2O3S. The summed E-state index contributed by atoms with van der Waals surface area (Å²) in [7, 11) is -1.30. The Bertz CT molecular complexity index is 627. The van der Waals surface area contributed by atoms with Crippen LogP contribution in [0, 0.1) is 5.82 Å². The van der Waals surface area contributed by atoms with Crippen LogP contribution in [0.1, 0.15) is 5.56 Å². The molecule has 0 amide bonds. The highest BCUT2D eigenvalue weighted by atomic mass is 32.2. The summed E-state index contributed by atoms with van der Waals surface area (Å²) in [5, 5.41) is 0. The minimum absolute atomic E-state index is 0.0447. The van der Waals surface area contributed by atoms with E-state index in [0.29, 0.717) is 24.7 Å². The van der Waals surface area contributed by atoms with E-state index in [-0.39, 0.29) is 24.0 Å². The van der Waals surface area contributed by atoms with Crippen LogP contribution >= 0.6 is 0 Å². The van der Waals surface area contributed by atoms with Gasteiger partial charge in [0, 0.05) is 19.1 Å². The zero-order valence-electron chi connectivity index (χ0n) is 12.6. The summed E-state index contributed by atoms with van der Waals surface area (Å²) in [6.45, 7) is 2.50. The van der Waals surface area contributed by atoms with E-state index in [1.807, 2.05) is 7.05 Å². The maximum Gasteiger partial charge on any atom is 0.214 e. The van der Waals surface area contributed by atoms with Gasteiger partial charge in [-0.25, -0.2) is 12.8 Å². The van der Waals surface area contributed by atoms with Gasteiger partial charge in [0.15, 0.2) is 0 Å². The number of aryl methyl sites for hydroxylation is 1. The second-order valence-corrected chi connectivity index (χ2v) is 8.07. The molecule has 0 saturated carbocycles. The largest absolute Gasteiger partial charge is 0.378 e. The van der Waals surface area contributed by atoms with Crippen molar-refractivity contribution in [3.05, 3.63) is 35.6 Å². The molecular weight excluding hydrogens is 307 g/mol. The second-order valence-electron chi connectivity index (χ2n) is 5.98. The molecule has 0 N–H and O–H groups in total. The highest BCUT2D eigenvalue weighted by molar-refractivity contribution is 7.89. The summed E-state index contributed by atoms with van der Waals surface area (Å²) in [5.41, 5.74) is 0.451. The van der Waals surface area contributed by atoms with Gasteiger partial charge in [0.2, 0.25) is 10.0 Å². The number of halogens is 1. The topological polar surface area (TPSA) is 49.9 Å². The van der Waals surface area contributed by atoms with E-state index in [0.717, 1.165) is 13.2 Å². The monoisotopic (exact) mass is 328 g/mol. The van der Waals surface area contributed by atoms with Crippen molar-refractivity contribution >= 4 is 10.0 Å². The van der Waals surface area contributed by atoms with Crippen LogP contribution in [0.2, 0.25) is 0 Å². The Hall–Kier alpha value is -1.02. The molecule has 1 aromatic rings. The lowest BCUT2D eigenvalue weighted by atomic mass is 10.1. The van der Waals surface area contributed by atoms with Crippen LogP contribution in [0.25, 0.3) is 0 Å². The quantitative estimate of drug-likeness (QED) is 0.772. The van der Waals surface area contributed by atoms with Gasteiger partial charge in [0.25, 0.3) is 0 Å². The van der Waals surface area contributed by atoms with Crippen LogP contribution in [0.15, 0.2) is 24.3 Å². The summed E-state index contributed by atoms with van der Waals surface area (Å²) in [5.74, 6) is -0.388. The van der Waals surface area contributed by atoms with Gasteiger partial charge < -0.3 is 4.74 Å². The minimum atomic E-state index is -3.31. The Balaban J connectivity index is 1.51. The molecule has 122 valence electrons. The Morgan fingerprint density at radius 3 is 2.55 bits per heavy atom. The number of sulfonamides is 1. The fourth-order valence-electron chi connectivity index (χ4n) is 2.73. The van der Waals surface area contributed by atoms with Crippen LogP contribution in [-0.2, 0) is 21.2 Å². The molecule has 0 aliphatic carbocycles. The summed E-state index contributed by atoms with van der Waals surface area (Å²) in [6.07, 6.45) is 0.211. The van der Waals surface area contributed by atoms with Crippen molar-refractivity contribution in [2.45, 2.75) is 18.5 Å². The summed E-state index contributed by atoms with van der Waals surface area (Å²) in [6, 6.07) is 6.99. The lowest BCUT2D eigenvalue weighted by molar-refractivity contribution is -0.0834. The van der Waals surface area contributed by atoms with Crippen molar-refractivity contribution in [2.75, 3.05) is 39.1 Å². The van der Waals surface area contributed by atoms with Gasteiger partial charge in [-0.3, -0.25) is 4.90 Å². The number of benzene rings is 1. The van der Waals surface area contributed by atoms with Crippen LogP contribution in [0.5, 0.6) is 0 Å². The Morgan fingerprint density at radius 2 is 1.95 bits per heavy atom. The second kappa shape index (κ2) is 6.23. The van der Waals surface area contributed by atoms with E-state index in [1.54, 1.807) is 18.2 Å². The first-order valence-corrected chi connectivity index (χ1v) is 9.09. The van der Waals surface area contributed by atoms with Gasteiger partial charge in [-0.2, -0.15) is 4.31 Å². The van der Waals surface area contributed by atoms with E-state index >= 15 is 0 Å². The number of rotatable bonds is 6. The van der Waals surface area contributed by atoms with E-state index < -0.39 is 10.0 Å². The first-order valence-electron chi connectivity index (χ1n) is 7.48. The van der Waals surface area contributed by atoms with Crippen LogP contribution in [-0.4, -0.2) is 68.8 Å². The lowest BCUT2D eigenvalue weighted by Gasteiger charge is -2.47. The molecule has 0 unspecified atom stereocenters. The highest BCUT2D eigenvalue weighted by Crippen LogP contribution is 2.22. The fraction of sp³-hybridized carbons (Fsp3) is 0.600. The molecule has 2 heterocycles. The van der Waals surface area contributed by atoms with E-state index in [2.05, 4.69) is 4.90 Å². The molecule has 0 bridgehead atoms. The highest BCUT2D eigenvalue weighted by Gasteiger charge is 2.40. The van der Waals surface area contributed by atoms with Gasteiger partial charge in [0.1, 0.15) is 5.82 Å². The summed E-state index contributed by atoms with van der Waals surface area (Å²) < 4.78 is 44.7. The maximum absolute atomic E-state index is 13.5. The first-order chi connectivity index (χ1) is 10.5. The molecule has 2 aliphatic rings. The normalized spacial score (nSPS) is 20.9. The third kappa shape index (κ3) is 3.17. The van der Waals surface area contributed by atoms with Crippen molar-refractivity contribution in [3.8, 4) is 0 Å². The minimum Gasteiger partial charge on any atom is -0.378 e. The summed E-state index contributed by atoms with van der Waals surface area (Å²) in [4.78, 5) is 2.20. The standard InChI is InChI=1S/C15H21FN2O3S/c1-17(14-10-21-11-14)13-8-18(9-13)22(19,20)7-6-12-4-2-3-5-15(12)16/h2-5,13-14H,6-11H2,1H3. The number of ether oxygens (including phenoxy) is 1. The van der Waals surface area contributed by atoms with Crippen molar-refractivity contribution in [2.24, 2.45) is 0 Å². The molecule has 0 radical (unpaired) electrons. The number of hydrogen-bond donors (Lipinski definition) is 0. The molecule has 2 fully saturated rings. The zero-order valence-corrected chi connectivity index (χ0v) is 13.4. The van der Waals surface area contributed by atoms with Gasteiger partial charge in [0.05, 0.1) is 25.0 Å². The van der Waals surface area contributed by atoms with Gasteiger partial charge >= 0.3 is 0 Å². The lowest BCUT2D eigenvalue weighted by Crippen LogP contribution is -2.65. The number of nitrogens with zero attached hydrogens (tertiary/aromatic N) is 2. The molecule has 2 saturated heterocycles. The van der Waals surface area contributed by atoms with E-state index in [1.165, 1.54) is 10.4 Å². The van der Waals surface area contributed by atoms with Gasteiger partial charge in [-0.1, -0.05) is 18.2 Å². The molecule has 0 aromatic heterocycles. The van der Waals surface area contributed by atoms with Crippen LogP contribution in [0.4, 0.5) is 4.39 Å². The molecule has 2 aliphatic heterocycles. The Kier molecular flexibility index (Phi) is 4.49. The SMILES string of the molecule is CN(C1COC1)C1CN(S(=O)(=O)CCc2ccccc2F)C1. The molecule has 0 spiro atoms. The first kappa shape index (κ1) is 15.9. The van der Waals surface area contributed by atoms with Gasteiger partial charge in [-0.15, -0.1) is 0 Å². The Labute approximate surface area is 130 Å². The Morgan fingerprint density at radius 1 is 1.27 bits per heavy atom. The average Bonchev–Trinajstić information content (AvgIpc) is 2.33. The van der Waals surface area contributed by atoms with E-state index in [9.17, 15) is 12.8 Å². The average molecular weight is 328 g/mol. The number of likely N-dealkylation sites (N-methyl/N-ethyl adjacent to an activating group) is 1. The molecule has 0 atom stereocenters. The van der Waals surface area contributed by atoms with Gasteiger partial charge in [-0.05, 0) is 25.1 Å².